The summed E-state index contributed by atoms with van der Waals surface area (Å²) >= 11 is 1.73. The van der Waals surface area contributed by atoms with Crippen molar-refractivity contribution in [1.29, 1.82) is 0 Å². The largest absolute Gasteiger partial charge is 0.332 e. The van der Waals surface area contributed by atoms with E-state index >= 15 is 0 Å². The molecule has 1 aliphatic heterocycles. The number of hydrogen-bond acceptors (Lipinski definition) is 3. The Morgan fingerprint density at radius 1 is 1.22 bits per heavy atom. The lowest BCUT2D eigenvalue weighted by atomic mass is 10.2. The topological polar surface area (TPSA) is 20.3 Å². The predicted molar refractivity (Wildman–Crippen MR) is 74.5 cm³/mol. The molecule has 0 unspecified atom stereocenters. The smallest absolute Gasteiger partial charge is 0.139 e. The third kappa shape index (κ3) is 1.84. The number of allylic oxidation sites excluding steroid dienone is 3. The van der Waals surface area contributed by atoms with Crippen molar-refractivity contribution < 1.29 is 4.79 Å². The maximum atomic E-state index is 10.9. The summed E-state index contributed by atoms with van der Waals surface area (Å²) in [5.74, 6) is 0. The molecular weight excluding hydrogens is 242 g/mol. The third-order valence-electron chi connectivity index (χ3n) is 2.84. The fraction of sp³-hybridized carbons (Fsp3) is 0.0667. The van der Waals surface area contributed by atoms with Crippen LogP contribution in [0.5, 0.6) is 0 Å². The molecule has 3 heteroatoms. The van der Waals surface area contributed by atoms with Gasteiger partial charge in [-0.2, -0.15) is 0 Å². The van der Waals surface area contributed by atoms with Crippen molar-refractivity contribution >= 4 is 23.7 Å². The summed E-state index contributed by atoms with van der Waals surface area (Å²) in [6.07, 6.45) is 8.76. The second-order valence-corrected chi connectivity index (χ2v) is 5.01. The van der Waals surface area contributed by atoms with E-state index in [0.717, 1.165) is 22.6 Å². The van der Waals surface area contributed by atoms with Gasteiger partial charge in [0.25, 0.3) is 0 Å². The minimum Gasteiger partial charge on any atom is -0.332 e. The van der Waals surface area contributed by atoms with Gasteiger partial charge in [0.2, 0.25) is 0 Å². The van der Waals surface area contributed by atoms with Gasteiger partial charge >= 0.3 is 0 Å². The van der Waals surface area contributed by atoms with Gasteiger partial charge in [0.15, 0.2) is 0 Å². The average molecular weight is 253 g/mol. The van der Waals surface area contributed by atoms with Crippen molar-refractivity contribution in [2.45, 2.75) is 4.90 Å². The lowest BCUT2D eigenvalue weighted by molar-refractivity contribution is -0.106. The average Bonchev–Trinajstić information content (AvgIpc) is 2.64. The van der Waals surface area contributed by atoms with Crippen LogP contribution in [0.4, 0.5) is 5.69 Å². The van der Waals surface area contributed by atoms with Crippen LogP contribution in [0, 0.1) is 0 Å². The van der Waals surface area contributed by atoms with Crippen LogP contribution in [0.2, 0.25) is 0 Å². The first-order valence-corrected chi connectivity index (χ1v) is 6.53. The Kier molecular flexibility index (Phi) is 2.93. The molecule has 0 saturated heterocycles. The van der Waals surface area contributed by atoms with Crippen LogP contribution in [0.15, 0.2) is 69.8 Å². The molecule has 2 aliphatic rings. The Labute approximate surface area is 110 Å². The van der Waals surface area contributed by atoms with Crippen LogP contribution in [0.3, 0.4) is 0 Å². The van der Waals surface area contributed by atoms with Gasteiger partial charge in [-0.25, -0.2) is 0 Å². The number of thioether (sulfide) groups is 1. The highest BCUT2D eigenvalue weighted by Gasteiger charge is 2.24. The summed E-state index contributed by atoms with van der Waals surface area (Å²) in [6, 6.07) is 8.14. The standard InChI is InChI=1S/C15H11NOS/c17-11-10-16-12-6-2-1-3-8-14(12)18-15-9-5-4-7-13(15)16/h2-9,11H,10H2. The maximum Gasteiger partial charge on any atom is 0.139 e. The van der Waals surface area contributed by atoms with E-state index in [1.165, 1.54) is 4.90 Å². The highest BCUT2D eigenvalue weighted by atomic mass is 32.2. The first-order chi connectivity index (χ1) is 8.90. The normalized spacial score (nSPS) is 16.3. The van der Waals surface area contributed by atoms with Gasteiger partial charge < -0.3 is 9.69 Å². The minimum atomic E-state index is 0.370. The number of aldehydes is 1. The molecule has 1 aromatic carbocycles. The summed E-state index contributed by atoms with van der Waals surface area (Å²) in [5, 5.41) is 0. The molecule has 0 atom stereocenters. The lowest BCUT2D eigenvalue weighted by Gasteiger charge is -2.33. The van der Waals surface area contributed by atoms with E-state index in [0.29, 0.717) is 6.54 Å². The molecule has 3 rings (SSSR count). The molecule has 1 aromatic rings. The molecule has 0 aromatic heterocycles. The summed E-state index contributed by atoms with van der Waals surface area (Å²) < 4.78 is 0. The number of carbonyl (C=O) groups is 1. The number of carbonyl (C=O) groups excluding carboxylic acids is 1. The van der Waals surface area contributed by atoms with Crippen molar-refractivity contribution in [2.24, 2.45) is 0 Å². The van der Waals surface area contributed by atoms with E-state index in [1.54, 1.807) is 11.8 Å². The molecule has 1 heterocycles. The van der Waals surface area contributed by atoms with E-state index in [2.05, 4.69) is 11.8 Å². The fourth-order valence-corrected chi connectivity index (χ4v) is 3.15. The zero-order chi connectivity index (χ0) is 12.4. The molecule has 0 fully saturated rings. The Morgan fingerprint density at radius 3 is 2.94 bits per heavy atom. The molecule has 1 aliphatic carbocycles. The predicted octanol–water partition coefficient (Wildman–Crippen LogP) is 3.29. The molecule has 0 spiro atoms. The number of hydrogen-bond donors (Lipinski definition) is 0. The Morgan fingerprint density at radius 2 is 2.06 bits per heavy atom. The number of anilines is 1. The summed E-state index contributed by atoms with van der Waals surface area (Å²) in [6.45, 7) is 0.370. The zero-order valence-electron chi connectivity index (χ0n) is 9.67. The van der Waals surface area contributed by atoms with E-state index in [9.17, 15) is 4.79 Å². The highest BCUT2D eigenvalue weighted by Crippen LogP contribution is 2.45. The highest BCUT2D eigenvalue weighted by molar-refractivity contribution is 8.03. The second kappa shape index (κ2) is 4.73. The number of rotatable bonds is 2. The maximum absolute atomic E-state index is 10.9. The zero-order valence-corrected chi connectivity index (χ0v) is 10.5. The van der Waals surface area contributed by atoms with Gasteiger partial charge in [-0.1, -0.05) is 23.9 Å². The van der Waals surface area contributed by atoms with Crippen molar-refractivity contribution in [3.63, 3.8) is 0 Å². The van der Waals surface area contributed by atoms with E-state index in [-0.39, 0.29) is 0 Å². The molecule has 2 nitrogen and oxygen atoms in total. The van der Waals surface area contributed by atoms with Crippen molar-refractivity contribution in [3.05, 3.63) is 64.9 Å². The third-order valence-corrected chi connectivity index (χ3v) is 3.97. The van der Waals surface area contributed by atoms with Gasteiger partial charge in [-0.05, 0) is 36.4 Å². The molecule has 0 N–H and O–H groups in total. The SMILES string of the molecule is O=CCN1C2=CC=C=CC=C2Sc2ccccc21. The molecular formula is C15H11NOS. The number of para-hydroxylation sites is 1. The van der Waals surface area contributed by atoms with Gasteiger partial charge in [0.05, 0.1) is 17.9 Å². The van der Waals surface area contributed by atoms with E-state index in [1.807, 2.05) is 47.4 Å². The van der Waals surface area contributed by atoms with Gasteiger partial charge in [0, 0.05) is 9.80 Å². The van der Waals surface area contributed by atoms with Crippen LogP contribution < -0.4 is 4.90 Å². The molecule has 0 bridgehead atoms. The van der Waals surface area contributed by atoms with Crippen LogP contribution in [-0.2, 0) is 4.79 Å². The number of benzene rings is 1. The Bertz CT molecular complexity index is 621. The molecule has 0 saturated carbocycles. The van der Waals surface area contributed by atoms with Crippen LogP contribution >= 0.6 is 11.8 Å². The molecule has 0 amide bonds. The van der Waals surface area contributed by atoms with E-state index in [4.69, 9.17) is 0 Å². The summed E-state index contributed by atoms with van der Waals surface area (Å²) in [5.41, 5.74) is 5.22. The molecule has 0 radical (unpaired) electrons. The quantitative estimate of drug-likeness (QED) is 0.596. The van der Waals surface area contributed by atoms with Crippen LogP contribution in [0.25, 0.3) is 0 Å². The molecule has 18 heavy (non-hydrogen) atoms. The monoisotopic (exact) mass is 253 g/mol. The van der Waals surface area contributed by atoms with Crippen LogP contribution in [0.1, 0.15) is 0 Å². The summed E-state index contributed by atoms with van der Waals surface area (Å²) in [4.78, 5) is 15.3. The van der Waals surface area contributed by atoms with Crippen LogP contribution in [-0.4, -0.2) is 12.8 Å². The first kappa shape index (κ1) is 11.1. The Hall–Kier alpha value is -1.96. The fourth-order valence-electron chi connectivity index (χ4n) is 2.07. The van der Waals surface area contributed by atoms with E-state index < -0.39 is 0 Å². The summed E-state index contributed by atoms with van der Waals surface area (Å²) in [7, 11) is 0. The Balaban J connectivity index is 2.16. The first-order valence-electron chi connectivity index (χ1n) is 5.71. The van der Waals surface area contributed by atoms with Crippen molar-refractivity contribution in [1.82, 2.24) is 0 Å². The van der Waals surface area contributed by atoms with Gasteiger partial charge in [-0.3, -0.25) is 0 Å². The number of fused-ring (bicyclic) bond motifs is 2. The lowest BCUT2D eigenvalue weighted by Crippen LogP contribution is -2.28. The number of nitrogens with zero attached hydrogens (tertiary/aromatic N) is 1. The second-order valence-electron chi connectivity index (χ2n) is 3.93. The van der Waals surface area contributed by atoms with Crippen molar-refractivity contribution in [3.8, 4) is 0 Å². The van der Waals surface area contributed by atoms with Gasteiger partial charge in [-0.15, -0.1) is 5.73 Å². The molecule has 88 valence electrons. The minimum absolute atomic E-state index is 0.370. The van der Waals surface area contributed by atoms with Crippen molar-refractivity contribution in [2.75, 3.05) is 11.4 Å². The van der Waals surface area contributed by atoms with Gasteiger partial charge in [0.1, 0.15) is 6.29 Å².